The zero-order chi connectivity index (χ0) is 10.6. The van der Waals surface area contributed by atoms with Crippen LogP contribution in [0.15, 0.2) is 0 Å². The number of rotatable bonds is 4. The summed E-state index contributed by atoms with van der Waals surface area (Å²) in [6.45, 7) is 7.76. The van der Waals surface area contributed by atoms with Gasteiger partial charge in [0.1, 0.15) is 0 Å². The molecule has 1 N–H and O–H groups in total. The lowest BCUT2D eigenvalue weighted by molar-refractivity contribution is -0.0108. The van der Waals surface area contributed by atoms with Gasteiger partial charge in [0.05, 0.1) is 6.10 Å². The smallest absolute Gasteiger partial charge is 0.0724 e. The van der Waals surface area contributed by atoms with E-state index in [1.807, 2.05) is 0 Å². The minimum Gasteiger partial charge on any atom is -0.396 e. The molecule has 1 rings (SSSR count). The Kier molecular flexibility index (Phi) is 4.85. The van der Waals surface area contributed by atoms with Crippen molar-refractivity contribution < 1.29 is 9.84 Å². The summed E-state index contributed by atoms with van der Waals surface area (Å²) in [7, 11) is 1.79. The van der Waals surface area contributed by atoms with Crippen molar-refractivity contribution in [2.45, 2.75) is 26.4 Å². The van der Waals surface area contributed by atoms with E-state index in [0.717, 1.165) is 19.6 Å². The molecule has 0 aromatic carbocycles. The summed E-state index contributed by atoms with van der Waals surface area (Å²) in [6.07, 6.45) is 1.58. The monoisotopic (exact) mass is 201 g/mol. The number of hydrogen-bond acceptors (Lipinski definition) is 3. The number of hydrogen-bond donors (Lipinski definition) is 1. The Balaban J connectivity index is 2.34. The van der Waals surface area contributed by atoms with E-state index < -0.39 is 0 Å². The van der Waals surface area contributed by atoms with Crippen molar-refractivity contribution in [1.82, 2.24) is 4.90 Å². The first-order valence-electron chi connectivity index (χ1n) is 5.53. The van der Waals surface area contributed by atoms with Gasteiger partial charge >= 0.3 is 0 Å². The van der Waals surface area contributed by atoms with Crippen molar-refractivity contribution in [2.24, 2.45) is 11.8 Å². The maximum absolute atomic E-state index is 8.98. The fraction of sp³-hybridized carbons (Fsp3) is 1.00. The maximum atomic E-state index is 8.98. The minimum absolute atomic E-state index is 0.281. The SMILES string of the molecule is COC1CN(CC(C)CO)CCC1C. The average Bonchev–Trinajstić information content (AvgIpc) is 2.20. The van der Waals surface area contributed by atoms with Crippen molar-refractivity contribution in [2.75, 3.05) is 33.4 Å². The average molecular weight is 201 g/mol. The number of aliphatic hydroxyl groups is 1. The Bertz CT molecular complexity index is 163. The van der Waals surface area contributed by atoms with Crippen LogP contribution in [-0.2, 0) is 4.74 Å². The number of piperidine rings is 1. The Morgan fingerprint density at radius 2 is 2.29 bits per heavy atom. The zero-order valence-corrected chi connectivity index (χ0v) is 9.57. The van der Waals surface area contributed by atoms with Crippen LogP contribution in [0.25, 0.3) is 0 Å². The lowest BCUT2D eigenvalue weighted by Gasteiger charge is -2.37. The molecular weight excluding hydrogens is 178 g/mol. The number of ether oxygens (including phenoxy) is 1. The molecule has 3 unspecified atom stereocenters. The molecule has 1 saturated heterocycles. The van der Waals surface area contributed by atoms with Gasteiger partial charge in [-0.05, 0) is 24.8 Å². The Hall–Kier alpha value is -0.120. The van der Waals surface area contributed by atoms with E-state index in [2.05, 4.69) is 18.7 Å². The molecule has 14 heavy (non-hydrogen) atoms. The molecule has 0 radical (unpaired) electrons. The molecule has 1 aliphatic rings. The second kappa shape index (κ2) is 5.69. The second-order valence-corrected chi connectivity index (χ2v) is 4.59. The normalized spacial score (nSPS) is 31.7. The van der Waals surface area contributed by atoms with Gasteiger partial charge in [-0.1, -0.05) is 13.8 Å². The van der Waals surface area contributed by atoms with Gasteiger partial charge in [0, 0.05) is 26.8 Å². The van der Waals surface area contributed by atoms with Gasteiger partial charge in [0.25, 0.3) is 0 Å². The Labute approximate surface area is 87.1 Å². The van der Waals surface area contributed by atoms with E-state index in [9.17, 15) is 0 Å². The standard InChI is InChI=1S/C11H23NO2/c1-9(8-13)6-12-5-4-10(2)11(7-12)14-3/h9-11,13H,4-8H2,1-3H3. The summed E-state index contributed by atoms with van der Waals surface area (Å²) in [5.41, 5.74) is 0. The fourth-order valence-corrected chi connectivity index (χ4v) is 2.07. The van der Waals surface area contributed by atoms with E-state index >= 15 is 0 Å². The molecule has 0 bridgehead atoms. The van der Waals surface area contributed by atoms with E-state index in [4.69, 9.17) is 9.84 Å². The van der Waals surface area contributed by atoms with Gasteiger partial charge in [-0.3, -0.25) is 0 Å². The van der Waals surface area contributed by atoms with Gasteiger partial charge in [-0.15, -0.1) is 0 Å². The van der Waals surface area contributed by atoms with Gasteiger partial charge in [0.2, 0.25) is 0 Å². The van der Waals surface area contributed by atoms with E-state index in [1.165, 1.54) is 6.42 Å². The number of likely N-dealkylation sites (tertiary alicyclic amines) is 1. The van der Waals surface area contributed by atoms with Crippen molar-refractivity contribution in [1.29, 1.82) is 0 Å². The summed E-state index contributed by atoms with van der Waals surface area (Å²) >= 11 is 0. The summed E-state index contributed by atoms with van der Waals surface area (Å²) in [4.78, 5) is 2.40. The molecule has 1 heterocycles. The quantitative estimate of drug-likeness (QED) is 0.735. The van der Waals surface area contributed by atoms with Crippen LogP contribution < -0.4 is 0 Å². The van der Waals surface area contributed by atoms with Crippen LogP contribution in [-0.4, -0.2) is 49.5 Å². The largest absolute Gasteiger partial charge is 0.396 e. The fourth-order valence-electron chi connectivity index (χ4n) is 2.07. The highest BCUT2D eigenvalue weighted by Crippen LogP contribution is 2.19. The molecule has 0 aromatic heterocycles. The summed E-state index contributed by atoms with van der Waals surface area (Å²) in [5.74, 6) is 1.04. The van der Waals surface area contributed by atoms with Crippen LogP contribution in [0.1, 0.15) is 20.3 Å². The molecule has 0 amide bonds. The van der Waals surface area contributed by atoms with Crippen molar-refractivity contribution >= 4 is 0 Å². The maximum Gasteiger partial charge on any atom is 0.0724 e. The molecular formula is C11H23NO2. The third-order valence-corrected chi connectivity index (χ3v) is 3.16. The second-order valence-electron chi connectivity index (χ2n) is 4.59. The summed E-state index contributed by atoms with van der Waals surface area (Å²) < 4.78 is 5.44. The van der Waals surface area contributed by atoms with Crippen LogP contribution in [0, 0.1) is 11.8 Å². The molecule has 3 heteroatoms. The highest BCUT2D eigenvalue weighted by atomic mass is 16.5. The molecule has 0 spiro atoms. The number of methoxy groups -OCH3 is 1. The predicted octanol–water partition coefficient (Wildman–Crippen LogP) is 0.972. The van der Waals surface area contributed by atoms with E-state index in [1.54, 1.807) is 7.11 Å². The van der Waals surface area contributed by atoms with E-state index in [-0.39, 0.29) is 6.61 Å². The van der Waals surface area contributed by atoms with Gasteiger partial charge < -0.3 is 14.7 Å². The topological polar surface area (TPSA) is 32.7 Å². The molecule has 3 nitrogen and oxygen atoms in total. The first-order valence-corrected chi connectivity index (χ1v) is 5.53. The summed E-state index contributed by atoms with van der Waals surface area (Å²) in [6, 6.07) is 0. The van der Waals surface area contributed by atoms with Crippen molar-refractivity contribution in [3.63, 3.8) is 0 Å². The van der Waals surface area contributed by atoms with E-state index in [0.29, 0.717) is 17.9 Å². The summed E-state index contributed by atoms with van der Waals surface area (Å²) in [5, 5.41) is 8.98. The van der Waals surface area contributed by atoms with Crippen LogP contribution in [0.5, 0.6) is 0 Å². The van der Waals surface area contributed by atoms with Crippen LogP contribution >= 0.6 is 0 Å². The van der Waals surface area contributed by atoms with Crippen LogP contribution in [0.3, 0.4) is 0 Å². The highest BCUT2D eigenvalue weighted by Gasteiger charge is 2.26. The molecule has 1 aliphatic heterocycles. The minimum atomic E-state index is 0.281. The first kappa shape index (κ1) is 12.0. The molecule has 0 saturated carbocycles. The van der Waals surface area contributed by atoms with Crippen molar-refractivity contribution in [3.05, 3.63) is 0 Å². The van der Waals surface area contributed by atoms with Crippen LogP contribution in [0.4, 0.5) is 0 Å². The molecule has 1 fully saturated rings. The Morgan fingerprint density at radius 3 is 2.86 bits per heavy atom. The number of nitrogens with zero attached hydrogens (tertiary/aromatic N) is 1. The lowest BCUT2D eigenvalue weighted by Crippen LogP contribution is -2.45. The van der Waals surface area contributed by atoms with Gasteiger partial charge in [-0.2, -0.15) is 0 Å². The number of aliphatic hydroxyl groups excluding tert-OH is 1. The third kappa shape index (κ3) is 3.23. The molecule has 0 aliphatic carbocycles. The first-order chi connectivity index (χ1) is 6.67. The highest BCUT2D eigenvalue weighted by molar-refractivity contribution is 4.79. The third-order valence-electron chi connectivity index (χ3n) is 3.16. The molecule has 0 aromatic rings. The molecule has 3 atom stereocenters. The van der Waals surface area contributed by atoms with Crippen LogP contribution in [0.2, 0.25) is 0 Å². The Morgan fingerprint density at radius 1 is 1.57 bits per heavy atom. The molecule has 84 valence electrons. The lowest BCUT2D eigenvalue weighted by atomic mass is 9.95. The predicted molar refractivity (Wildman–Crippen MR) is 57.3 cm³/mol. The van der Waals surface area contributed by atoms with Gasteiger partial charge in [-0.25, -0.2) is 0 Å². The zero-order valence-electron chi connectivity index (χ0n) is 9.57. The van der Waals surface area contributed by atoms with Gasteiger partial charge in [0.15, 0.2) is 0 Å². The van der Waals surface area contributed by atoms with Crippen molar-refractivity contribution in [3.8, 4) is 0 Å².